The summed E-state index contributed by atoms with van der Waals surface area (Å²) in [5.74, 6) is -0.960. The van der Waals surface area contributed by atoms with Gasteiger partial charge < -0.3 is 19.8 Å². The van der Waals surface area contributed by atoms with Crippen LogP contribution in [0.25, 0.3) is 0 Å². The summed E-state index contributed by atoms with van der Waals surface area (Å²) in [4.78, 5) is 17.7. The number of aliphatic hydroxyl groups excluding tert-OH is 1. The summed E-state index contributed by atoms with van der Waals surface area (Å²) in [6.07, 6.45) is 0.683. The number of hydrogen-bond donors (Lipinski definition) is 2. The molecule has 0 saturated heterocycles. The molecule has 0 saturated carbocycles. The van der Waals surface area contributed by atoms with Crippen LogP contribution in [0.1, 0.15) is 27.3 Å². The number of rotatable bonds is 9. The number of thiazole rings is 1. The minimum atomic E-state index is -0.960. The lowest BCUT2D eigenvalue weighted by atomic mass is 10.3. The fourth-order valence-electron chi connectivity index (χ4n) is 1.73. The van der Waals surface area contributed by atoms with Crippen LogP contribution >= 0.6 is 11.3 Å². The van der Waals surface area contributed by atoms with Gasteiger partial charge in [-0.25, -0.2) is 9.78 Å². The van der Waals surface area contributed by atoms with E-state index < -0.39 is 5.97 Å². The summed E-state index contributed by atoms with van der Waals surface area (Å²) in [5, 5.41) is 18.8. The second kappa shape index (κ2) is 8.21. The summed E-state index contributed by atoms with van der Waals surface area (Å²) in [6.45, 7) is 4.60. The zero-order chi connectivity index (χ0) is 14.3. The minimum Gasteiger partial charge on any atom is -0.477 e. The Kier molecular flexibility index (Phi) is 6.93. The number of aliphatic hydroxyl groups is 1. The molecule has 0 amide bonds. The molecule has 1 heterocycles. The van der Waals surface area contributed by atoms with E-state index in [1.807, 2.05) is 6.92 Å². The molecule has 108 valence electrons. The standard InChI is InChI=1S/C12H20N2O4S/c1-3-14(6-7-15)5-4-10-13-9(8-18-2)11(19-10)12(16)17/h15H,3-8H2,1-2H3,(H,16,17). The summed E-state index contributed by atoms with van der Waals surface area (Å²) in [6, 6.07) is 0. The largest absolute Gasteiger partial charge is 0.477 e. The van der Waals surface area contributed by atoms with Crippen LogP contribution in [0.4, 0.5) is 0 Å². The van der Waals surface area contributed by atoms with Gasteiger partial charge in [-0.05, 0) is 6.54 Å². The second-order valence-corrected chi connectivity index (χ2v) is 5.11. The van der Waals surface area contributed by atoms with Crippen molar-refractivity contribution in [1.29, 1.82) is 0 Å². The van der Waals surface area contributed by atoms with E-state index >= 15 is 0 Å². The number of likely N-dealkylation sites (N-methyl/N-ethyl adjacent to an activating group) is 1. The minimum absolute atomic E-state index is 0.126. The van der Waals surface area contributed by atoms with Crippen LogP contribution in [0.15, 0.2) is 0 Å². The van der Waals surface area contributed by atoms with E-state index in [1.165, 1.54) is 18.4 Å². The monoisotopic (exact) mass is 288 g/mol. The Labute approximate surface area is 116 Å². The predicted molar refractivity (Wildman–Crippen MR) is 72.7 cm³/mol. The molecule has 2 N–H and O–H groups in total. The molecule has 0 unspecified atom stereocenters. The number of carboxylic acid groups (broad SMARTS) is 1. The van der Waals surface area contributed by atoms with E-state index in [0.717, 1.165) is 18.1 Å². The Morgan fingerprint density at radius 1 is 1.47 bits per heavy atom. The van der Waals surface area contributed by atoms with Crippen LogP contribution in [0.2, 0.25) is 0 Å². The van der Waals surface area contributed by atoms with E-state index in [0.29, 0.717) is 18.7 Å². The molecular formula is C12H20N2O4S. The van der Waals surface area contributed by atoms with Gasteiger partial charge in [-0.1, -0.05) is 6.92 Å². The molecule has 7 heteroatoms. The van der Waals surface area contributed by atoms with Gasteiger partial charge >= 0.3 is 5.97 Å². The maximum atomic E-state index is 11.1. The number of aromatic nitrogens is 1. The topological polar surface area (TPSA) is 82.9 Å². The number of ether oxygens (including phenoxy) is 1. The Balaban J connectivity index is 2.68. The first kappa shape index (κ1) is 16.0. The molecule has 0 fully saturated rings. The summed E-state index contributed by atoms with van der Waals surface area (Å²) in [7, 11) is 1.52. The van der Waals surface area contributed by atoms with Gasteiger partial charge in [0, 0.05) is 26.6 Å². The fourth-order valence-corrected chi connectivity index (χ4v) is 2.63. The van der Waals surface area contributed by atoms with Crippen molar-refractivity contribution in [2.24, 2.45) is 0 Å². The van der Waals surface area contributed by atoms with Crippen LogP contribution < -0.4 is 0 Å². The number of hydrogen-bond acceptors (Lipinski definition) is 6. The van der Waals surface area contributed by atoms with E-state index in [4.69, 9.17) is 14.9 Å². The highest BCUT2D eigenvalue weighted by molar-refractivity contribution is 7.13. The molecule has 0 radical (unpaired) electrons. The predicted octanol–water partition coefficient (Wildman–Crippen LogP) is 0.844. The smallest absolute Gasteiger partial charge is 0.347 e. The van der Waals surface area contributed by atoms with Gasteiger partial charge in [0.1, 0.15) is 4.88 Å². The van der Waals surface area contributed by atoms with Gasteiger partial charge in [-0.2, -0.15) is 0 Å². The fraction of sp³-hybridized carbons (Fsp3) is 0.667. The van der Waals surface area contributed by atoms with Gasteiger partial charge in [-0.15, -0.1) is 11.3 Å². The lowest BCUT2D eigenvalue weighted by molar-refractivity contribution is 0.0697. The first-order valence-electron chi connectivity index (χ1n) is 6.16. The molecule has 1 aromatic heterocycles. The van der Waals surface area contributed by atoms with Crippen molar-refractivity contribution in [3.8, 4) is 0 Å². The van der Waals surface area contributed by atoms with Gasteiger partial charge in [0.05, 0.1) is 23.9 Å². The van der Waals surface area contributed by atoms with Crippen molar-refractivity contribution in [3.05, 3.63) is 15.6 Å². The van der Waals surface area contributed by atoms with E-state index in [1.54, 1.807) is 0 Å². The lowest BCUT2D eigenvalue weighted by Gasteiger charge is -2.17. The molecule has 1 aromatic rings. The Hall–Kier alpha value is -1.02. The van der Waals surface area contributed by atoms with Crippen LogP contribution in [0.3, 0.4) is 0 Å². The molecule has 0 bridgehead atoms. The Bertz CT molecular complexity index is 408. The quantitative estimate of drug-likeness (QED) is 0.701. The Morgan fingerprint density at radius 2 is 2.21 bits per heavy atom. The molecular weight excluding hydrogens is 268 g/mol. The molecule has 6 nitrogen and oxygen atoms in total. The number of aromatic carboxylic acids is 1. The highest BCUT2D eigenvalue weighted by atomic mass is 32.1. The van der Waals surface area contributed by atoms with Gasteiger partial charge in [-0.3, -0.25) is 0 Å². The zero-order valence-corrected chi connectivity index (χ0v) is 12.1. The molecule has 0 aliphatic rings. The van der Waals surface area contributed by atoms with Crippen molar-refractivity contribution in [3.63, 3.8) is 0 Å². The molecule has 0 aromatic carbocycles. The number of carboxylic acids is 1. The molecule has 0 atom stereocenters. The van der Waals surface area contributed by atoms with Crippen molar-refractivity contribution < 1.29 is 19.7 Å². The zero-order valence-electron chi connectivity index (χ0n) is 11.3. The van der Waals surface area contributed by atoms with Crippen molar-refractivity contribution >= 4 is 17.3 Å². The van der Waals surface area contributed by atoms with Gasteiger partial charge in [0.2, 0.25) is 0 Å². The number of carbonyl (C=O) groups is 1. The van der Waals surface area contributed by atoms with Crippen LogP contribution in [0.5, 0.6) is 0 Å². The highest BCUT2D eigenvalue weighted by Crippen LogP contribution is 2.20. The van der Waals surface area contributed by atoms with Crippen LogP contribution in [0, 0.1) is 0 Å². The van der Waals surface area contributed by atoms with Gasteiger partial charge in [0.25, 0.3) is 0 Å². The van der Waals surface area contributed by atoms with Crippen molar-refractivity contribution in [2.75, 3.05) is 33.4 Å². The SMILES string of the molecule is CCN(CCO)CCc1nc(COC)c(C(=O)O)s1. The van der Waals surface area contributed by atoms with Gasteiger partial charge in [0.15, 0.2) is 0 Å². The molecule has 0 spiro atoms. The van der Waals surface area contributed by atoms with Crippen molar-refractivity contribution in [2.45, 2.75) is 20.0 Å². The van der Waals surface area contributed by atoms with Crippen LogP contribution in [-0.4, -0.2) is 59.4 Å². The first-order chi connectivity index (χ1) is 9.12. The summed E-state index contributed by atoms with van der Waals surface area (Å²) >= 11 is 1.20. The lowest BCUT2D eigenvalue weighted by Crippen LogP contribution is -2.28. The van der Waals surface area contributed by atoms with E-state index in [-0.39, 0.29) is 18.1 Å². The molecule has 1 rings (SSSR count). The Morgan fingerprint density at radius 3 is 2.74 bits per heavy atom. The van der Waals surface area contributed by atoms with Crippen LogP contribution in [-0.2, 0) is 17.8 Å². The third-order valence-corrected chi connectivity index (χ3v) is 3.87. The third kappa shape index (κ3) is 4.87. The first-order valence-corrected chi connectivity index (χ1v) is 6.98. The van der Waals surface area contributed by atoms with Crippen molar-refractivity contribution in [1.82, 2.24) is 9.88 Å². The number of nitrogens with zero attached hydrogens (tertiary/aromatic N) is 2. The number of methoxy groups -OCH3 is 1. The normalized spacial score (nSPS) is 11.2. The van der Waals surface area contributed by atoms with E-state index in [9.17, 15) is 4.79 Å². The van der Waals surface area contributed by atoms with E-state index in [2.05, 4.69) is 9.88 Å². The maximum absolute atomic E-state index is 11.1. The maximum Gasteiger partial charge on any atom is 0.347 e. The second-order valence-electron chi connectivity index (χ2n) is 4.03. The average molecular weight is 288 g/mol. The third-order valence-electron chi connectivity index (χ3n) is 2.72. The summed E-state index contributed by atoms with van der Waals surface area (Å²) in [5.41, 5.74) is 0.486. The molecule has 0 aliphatic carbocycles. The molecule has 19 heavy (non-hydrogen) atoms. The summed E-state index contributed by atoms with van der Waals surface area (Å²) < 4.78 is 4.95. The molecule has 0 aliphatic heterocycles. The average Bonchev–Trinajstić information content (AvgIpc) is 2.78. The highest BCUT2D eigenvalue weighted by Gasteiger charge is 2.17.